The highest BCUT2D eigenvalue weighted by atomic mass is 16.1. The third kappa shape index (κ3) is 2.96. The first-order valence-corrected chi connectivity index (χ1v) is 5.48. The second-order valence-electron chi connectivity index (χ2n) is 3.60. The standard InChI is InChI=1S/C10H19N5O/c1-2-5-15(6-3-4-11)9-8(12)10(16)14-7-13-9/h7H,2-6,11-12H2,1H3,(H,13,14,16). The molecule has 6 nitrogen and oxygen atoms in total. The van der Waals surface area contributed by atoms with Gasteiger partial charge >= 0.3 is 0 Å². The lowest BCUT2D eigenvalue weighted by molar-refractivity contribution is 0.711. The third-order valence-electron chi connectivity index (χ3n) is 2.29. The van der Waals surface area contributed by atoms with E-state index in [0.29, 0.717) is 12.4 Å². The van der Waals surface area contributed by atoms with Gasteiger partial charge in [-0.1, -0.05) is 6.92 Å². The molecule has 0 radical (unpaired) electrons. The zero-order valence-corrected chi connectivity index (χ0v) is 9.57. The number of nitrogens with two attached hydrogens (primary N) is 2. The molecule has 0 aliphatic carbocycles. The van der Waals surface area contributed by atoms with Crippen LogP contribution < -0.4 is 21.9 Å². The van der Waals surface area contributed by atoms with Crippen molar-refractivity contribution in [2.45, 2.75) is 19.8 Å². The Morgan fingerprint density at radius 3 is 2.88 bits per heavy atom. The lowest BCUT2D eigenvalue weighted by Crippen LogP contribution is -2.30. The van der Waals surface area contributed by atoms with Crippen LogP contribution in [0.1, 0.15) is 19.8 Å². The molecule has 90 valence electrons. The summed E-state index contributed by atoms with van der Waals surface area (Å²) in [5, 5.41) is 0. The molecule has 1 rings (SSSR count). The molecule has 6 heteroatoms. The molecule has 0 atom stereocenters. The van der Waals surface area contributed by atoms with E-state index < -0.39 is 0 Å². The van der Waals surface area contributed by atoms with Gasteiger partial charge in [0.25, 0.3) is 5.56 Å². The highest BCUT2D eigenvalue weighted by molar-refractivity contribution is 5.60. The summed E-state index contributed by atoms with van der Waals surface area (Å²) in [6.07, 6.45) is 3.20. The maximum Gasteiger partial charge on any atom is 0.276 e. The van der Waals surface area contributed by atoms with Gasteiger partial charge in [0.2, 0.25) is 0 Å². The highest BCUT2D eigenvalue weighted by Gasteiger charge is 2.12. The van der Waals surface area contributed by atoms with Crippen LogP contribution in [-0.2, 0) is 0 Å². The first-order chi connectivity index (χ1) is 7.70. The van der Waals surface area contributed by atoms with Gasteiger partial charge in [-0.2, -0.15) is 0 Å². The van der Waals surface area contributed by atoms with E-state index in [9.17, 15) is 4.79 Å². The zero-order chi connectivity index (χ0) is 12.0. The van der Waals surface area contributed by atoms with E-state index in [0.717, 1.165) is 25.9 Å². The van der Waals surface area contributed by atoms with Crippen molar-refractivity contribution >= 4 is 11.5 Å². The molecule has 1 aromatic heterocycles. The molecule has 0 amide bonds. The van der Waals surface area contributed by atoms with Crippen LogP contribution in [0.4, 0.5) is 11.5 Å². The fraction of sp³-hybridized carbons (Fsp3) is 0.600. The number of H-pyrrole nitrogens is 1. The maximum absolute atomic E-state index is 11.4. The molecular weight excluding hydrogens is 206 g/mol. The van der Waals surface area contributed by atoms with Crippen molar-refractivity contribution in [1.29, 1.82) is 0 Å². The molecule has 0 unspecified atom stereocenters. The summed E-state index contributed by atoms with van der Waals surface area (Å²) in [5.74, 6) is 0.555. The number of hydrogen-bond acceptors (Lipinski definition) is 5. The predicted octanol–water partition coefficient (Wildman–Crippen LogP) is -0.0827. The minimum atomic E-state index is -0.293. The van der Waals surface area contributed by atoms with Crippen LogP contribution in [0.2, 0.25) is 0 Å². The molecule has 0 saturated carbocycles. The van der Waals surface area contributed by atoms with Crippen molar-refractivity contribution in [1.82, 2.24) is 9.97 Å². The Hall–Kier alpha value is -1.56. The topological polar surface area (TPSA) is 101 Å². The Morgan fingerprint density at radius 1 is 1.50 bits per heavy atom. The number of hydrogen-bond donors (Lipinski definition) is 3. The average Bonchev–Trinajstić information content (AvgIpc) is 2.28. The van der Waals surface area contributed by atoms with E-state index in [4.69, 9.17) is 11.5 Å². The monoisotopic (exact) mass is 225 g/mol. The van der Waals surface area contributed by atoms with Crippen LogP contribution in [0.3, 0.4) is 0 Å². The Kier molecular flexibility index (Phi) is 4.78. The molecule has 1 heterocycles. The largest absolute Gasteiger partial charge is 0.391 e. The van der Waals surface area contributed by atoms with Gasteiger partial charge in [-0.15, -0.1) is 0 Å². The number of nitrogens with zero attached hydrogens (tertiary/aromatic N) is 2. The smallest absolute Gasteiger partial charge is 0.276 e. The van der Waals surface area contributed by atoms with Crippen molar-refractivity contribution in [3.63, 3.8) is 0 Å². The van der Waals surface area contributed by atoms with Crippen LogP contribution >= 0.6 is 0 Å². The Morgan fingerprint density at radius 2 is 2.25 bits per heavy atom. The number of nitrogens with one attached hydrogen (secondary N) is 1. The maximum atomic E-state index is 11.4. The van der Waals surface area contributed by atoms with Crippen LogP contribution in [0.25, 0.3) is 0 Å². The molecule has 1 aromatic rings. The number of anilines is 2. The van der Waals surface area contributed by atoms with Crippen molar-refractivity contribution in [2.75, 3.05) is 30.3 Å². The quantitative estimate of drug-likeness (QED) is 0.628. The van der Waals surface area contributed by atoms with Crippen molar-refractivity contribution in [2.24, 2.45) is 5.73 Å². The van der Waals surface area contributed by atoms with Gasteiger partial charge in [0, 0.05) is 13.1 Å². The molecule has 0 spiro atoms. The van der Waals surface area contributed by atoms with Gasteiger partial charge in [-0.25, -0.2) is 4.98 Å². The van der Waals surface area contributed by atoms with Gasteiger partial charge in [0.05, 0.1) is 6.33 Å². The summed E-state index contributed by atoms with van der Waals surface area (Å²) >= 11 is 0. The summed E-state index contributed by atoms with van der Waals surface area (Å²) in [6, 6.07) is 0. The van der Waals surface area contributed by atoms with Crippen LogP contribution in [0.15, 0.2) is 11.1 Å². The summed E-state index contributed by atoms with van der Waals surface area (Å²) in [5.41, 5.74) is 11.1. The molecule has 5 N–H and O–H groups in total. The molecule has 0 fully saturated rings. The van der Waals surface area contributed by atoms with Gasteiger partial charge in [0.1, 0.15) is 5.69 Å². The molecule has 0 aliphatic heterocycles. The lowest BCUT2D eigenvalue weighted by Gasteiger charge is -2.23. The first-order valence-electron chi connectivity index (χ1n) is 5.48. The molecule has 0 aromatic carbocycles. The predicted molar refractivity (Wildman–Crippen MR) is 65.4 cm³/mol. The van der Waals surface area contributed by atoms with E-state index in [1.54, 1.807) is 0 Å². The highest BCUT2D eigenvalue weighted by Crippen LogP contribution is 2.15. The number of rotatable bonds is 6. The summed E-state index contributed by atoms with van der Waals surface area (Å²) in [6.45, 7) is 4.27. The van der Waals surface area contributed by atoms with Gasteiger partial charge in [-0.05, 0) is 19.4 Å². The van der Waals surface area contributed by atoms with E-state index in [1.807, 2.05) is 4.90 Å². The molecule has 0 bridgehead atoms. The second-order valence-corrected chi connectivity index (χ2v) is 3.60. The lowest BCUT2D eigenvalue weighted by atomic mass is 10.3. The SMILES string of the molecule is CCCN(CCCN)c1nc[nH]c(=O)c1N. The van der Waals surface area contributed by atoms with Crippen LogP contribution in [0, 0.1) is 0 Å². The van der Waals surface area contributed by atoms with Crippen LogP contribution in [0.5, 0.6) is 0 Å². The fourth-order valence-electron chi connectivity index (χ4n) is 1.53. The van der Waals surface area contributed by atoms with Gasteiger partial charge in [0.15, 0.2) is 5.82 Å². The summed E-state index contributed by atoms with van der Waals surface area (Å²) < 4.78 is 0. The van der Waals surface area contributed by atoms with E-state index in [2.05, 4.69) is 16.9 Å². The molecule has 0 saturated heterocycles. The Bertz CT molecular complexity index is 376. The van der Waals surface area contributed by atoms with E-state index in [1.165, 1.54) is 6.33 Å². The fourth-order valence-corrected chi connectivity index (χ4v) is 1.53. The van der Waals surface area contributed by atoms with Gasteiger partial charge < -0.3 is 21.4 Å². The minimum Gasteiger partial charge on any atom is -0.391 e. The van der Waals surface area contributed by atoms with Crippen LogP contribution in [-0.4, -0.2) is 29.6 Å². The average molecular weight is 225 g/mol. The van der Waals surface area contributed by atoms with Crippen molar-refractivity contribution in [3.05, 3.63) is 16.7 Å². The normalized spacial score (nSPS) is 10.4. The Labute approximate surface area is 94.7 Å². The zero-order valence-electron chi connectivity index (χ0n) is 9.57. The molecular formula is C10H19N5O. The molecule has 16 heavy (non-hydrogen) atoms. The number of aromatic amines is 1. The Balaban J connectivity index is 2.91. The van der Waals surface area contributed by atoms with Gasteiger partial charge in [-0.3, -0.25) is 4.79 Å². The van der Waals surface area contributed by atoms with Crippen molar-refractivity contribution < 1.29 is 0 Å². The van der Waals surface area contributed by atoms with E-state index >= 15 is 0 Å². The minimum absolute atomic E-state index is 0.174. The third-order valence-corrected chi connectivity index (χ3v) is 2.29. The van der Waals surface area contributed by atoms with E-state index in [-0.39, 0.29) is 11.2 Å². The molecule has 0 aliphatic rings. The summed E-state index contributed by atoms with van der Waals surface area (Å²) in [4.78, 5) is 19.9. The number of aromatic nitrogens is 2. The number of nitrogen functional groups attached to an aromatic ring is 1. The summed E-state index contributed by atoms with van der Waals surface area (Å²) in [7, 11) is 0. The first kappa shape index (κ1) is 12.5. The second kappa shape index (κ2) is 6.12. The van der Waals surface area contributed by atoms with Crippen molar-refractivity contribution in [3.8, 4) is 0 Å².